The topological polar surface area (TPSA) is 46.0 Å². The summed E-state index contributed by atoms with van der Waals surface area (Å²) in [7, 11) is 0. The summed E-state index contributed by atoms with van der Waals surface area (Å²) in [5.74, 6) is 1.12. The summed E-state index contributed by atoms with van der Waals surface area (Å²) in [5.41, 5.74) is 0.365. The third kappa shape index (κ3) is 2.61. The Labute approximate surface area is 121 Å². The molecule has 0 aromatic carbocycles. The minimum Gasteiger partial charge on any atom is -0.314 e. The van der Waals surface area contributed by atoms with E-state index in [1.807, 2.05) is 0 Å². The van der Waals surface area contributed by atoms with E-state index >= 15 is 0 Å². The summed E-state index contributed by atoms with van der Waals surface area (Å²) in [5, 5.41) is 7.99. The SMILES string of the molecule is CC(C)n1ncnc1CN1CCNCC12CCCCC2. The second-order valence-corrected chi connectivity index (χ2v) is 6.60. The molecule has 3 rings (SSSR count). The second kappa shape index (κ2) is 5.82. The summed E-state index contributed by atoms with van der Waals surface area (Å²) < 4.78 is 2.07. The first-order valence-electron chi connectivity index (χ1n) is 8.05. The summed E-state index contributed by atoms with van der Waals surface area (Å²) in [4.78, 5) is 7.17. The number of hydrogen-bond donors (Lipinski definition) is 1. The second-order valence-electron chi connectivity index (χ2n) is 6.60. The van der Waals surface area contributed by atoms with Crippen LogP contribution in [0, 0.1) is 0 Å². The molecule has 112 valence electrons. The minimum atomic E-state index is 0.365. The van der Waals surface area contributed by atoms with Gasteiger partial charge in [-0.1, -0.05) is 19.3 Å². The van der Waals surface area contributed by atoms with Crippen LogP contribution in [0.15, 0.2) is 6.33 Å². The number of piperazine rings is 1. The van der Waals surface area contributed by atoms with Crippen LogP contribution in [0.5, 0.6) is 0 Å². The summed E-state index contributed by atoms with van der Waals surface area (Å²) in [6.45, 7) is 8.66. The molecule has 0 bridgehead atoms. The fourth-order valence-electron chi connectivity index (χ4n) is 3.82. The maximum absolute atomic E-state index is 4.50. The van der Waals surface area contributed by atoms with Gasteiger partial charge in [0.15, 0.2) is 0 Å². The molecular formula is C15H27N5. The van der Waals surface area contributed by atoms with Gasteiger partial charge in [0, 0.05) is 31.2 Å². The molecule has 0 unspecified atom stereocenters. The van der Waals surface area contributed by atoms with Crippen LogP contribution in [-0.2, 0) is 6.54 Å². The van der Waals surface area contributed by atoms with Crippen LogP contribution in [0.1, 0.15) is 57.8 Å². The molecule has 20 heavy (non-hydrogen) atoms. The van der Waals surface area contributed by atoms with E-state index in [2.05, 4.69) is 38.8 Å². The van der Waals surface area contributed by atoms with E-state index in [-0.39, 0.29) is 0 Å². The molecule has 1 aliphatic heterocycles. The van der Waals surface area contributed by atoms with Crippen molar-refractivity contribution < 1.29 is 0 Å². The van der Waals surface area contributed by atoms with E-state index in [0.717, 1.165) is 32.0 Å². The van der Waals surface area contributed by atoms with Crippen molar-refractivity contribution >= 4 is 0 Å². The molecule has 2 fully saturated rings. The zero-order valence-corrected chi connectivity index (χ0v) is 12.8. The number of nitrogens with zero attached hydrogens (tertiary/aromatic N) is 4. The first-order chi connectivity index (χ1) is 9.71. The highest BCUT2D eigenvalue weighted by molar-refractivity contribution is 5.00. The Bertz CT molecular complexity index is 425. The van der Waals surface area contributed by atoms with Gasteiger partial charge in [0.05, 0.1) is 6.54 Å². The van der Waals surface area contributed by atoms with Crippen molar-refractivity contribution in [1.82, 2.24) is 25.0 Å². The molecule has 1 saturated carbocycles. The molecule has 1 aromatic heterocycles. The quantitative estimate of drug-likeness (QED) is 0.917. The fourth-order valence-corrected chi connectivity index (χ4v) is 3.82. The van der Waals surface area contributed by atoms with Gasteiger partial charge in [-0.05, 0) is 26.7 Å². The van der Waals surface area contributed by atoms with Crippen molar-refractivity contribution in [3.8, 4) is 0 Å². The van der Waals surface area contributed by atoms with Crippen LogP contribution < -0.4 is 5.32 Å². The molecule has 1 spiro atoms. The molecule has 5 nitrogen and oxygen atoms in total. The van der Waals surface area contributed by atoms with Crippen molar-refractivity contribution in [3.05, 3.63) is 12.2 Å². The highest BCUT2D eigenvalue weighted by atomic mass is 15.4. The minimum absolute atomic E-state index is 0.365. The Kier molecular flexibility index (Phi) is 4.08. The Morgan fingerprint density at radius 2 is 2.10 bits per heavy atom. The average Bonchev–Trinajstić information content (AvgIpc) is 2.91. The smallest absolute Gasteiger partial charge is 0.141 e. The molecule has 1 aromatic rings. The average molecular weight is 277 g/mol. The standard InChI is InChI=1S/C15H27N5/c1-13(2)20-14(17-12-18-20)10-19-9-8-16-11-15(19)6-4-3-5-7-15/h12-13,16H,3-11H2,1-2H3. The monoisotopic (exact) mass is 277 g/mol. The van der Waals surface area contributed by atoms with Gasteiger partial charge in [-0.2, -0.15) is 5.10 Å². The van der Waals surface area contributed by atoms with E-state index in [1.54, 1.807) is 6.33 Å². The zero-order valence-electron chi connectivity index (χ0n) is 12.8. The van der Waals surface area contributed by atoms with Gasteiger partial charge in [-0.3, -0.25) is 4.90 Å². The molecule has 0 atom stereocenters. The van der Waals surface area contributed by atoms with Crippen LogP contribution in [0.4, 0.5) is 0 Å². The summed E-state index contributed by atoms with van der Waals surface area (Å²) >= 11 is 0. The number of hydrogen-bond acceptors (Lipinski definition) is 4. The Balaban J connectivity index is 1.78. The van der Waals surface area contributed by atoms with E-state index in [9.17, 15) is 0 Å². The van der Waals surface area contributed by atoms with Crippen LogP contribution in [0.25, 0.3) is 0 Å². The molecule has 0 radical (unpaired) electrons. The predicted molar refractivity (Wildman–Crippen MR) is 79.5 cm³/mol. The first-order valence-corrected chi connectivity index (χ1v) is 8.05. The largest absolute Gasteiger partial charge is 0.314 e. The van der Waals surface area contributed by atoms with Gasteiger partial charge in [-0.15, -0.1) is 0 Å². The maximum atomic E-state index is 4.50. The maximum Gasteiger partial charge on any atom is 0.141 e. The van der Waals surface area contributed by atoms with Gasteiger partial charge >= 0.3 is 0 Å². The van der Waals surface area contributed by atoms with Gasteiger partial charge < -0.3 is 5.32 Å². The van der Waals surface area contributed by atoms with Gasteiger partial charge in [-0.25, -0.2) is 9.67 Å². The molecule has 2 heterocycles. The van der Waals surface area contributed by atoms with Gasteiger partial charge in [0.2, 0.25) is 0 Å². The lowest BCUT2D eigenvalue weighted by molar-refractivity contribution is 0.0176. The third-order valence-electron chi connectivity index (χ3n) is 4.94. The molecule has 2 aliphatic rings. The van der Waals surface area contributed by atoms with Crippen LogP contribution in [0.3, 0.4) is 0 Å². The number of nitrogens with one attached hydrogen (secondary N) is 1. The summed E-state index contributed by atoms with van der Waals surface area (Å²) in [6.07, 6.45) is 8.50. The van der Waals surface area contributed by atoms with E-state index in [4.69, 9.17) is 0 Å². The molecule has 1 N–H and O–H groups in total. The van der Waals surface area contributed by atoms with Crippen LogP contribution in [-0.4, -0.2) is 44.8 Å². The zero-order chi connectivity index (χ0) is 14.0. The highest BCUT2D eigenvalue weighted by Crippen LogP contribution is 2.35. The fraction of sp³-hybridized carbons (Fsp3) is 0.867. The lowest BCUT2D eigenvalue weighted by atomic mass is 9.79. The Hall–Kier alpha value is -0.940. The van der Waals surface area contributed by atoms with Gasteiger partial charge in [0.1, 0.15) is 12.2 Å². The summed E-state index contributed by atoms with van der Waals surface area (Å²) in [6, 6.07) is 0.387. The van der Waals surface area contributed by atoms with Crippen molar-refractivity contribution in [2.45, 2.75) is 64.1 Å². The van der Waals surface area contributed by atoms with E-state index in [1.165, 1.54) is 32.1 Å². The van der Waals surface area contributed by atoms with E-state index in [0.29, 0.717) is 11.6 Å². The molecular weight excluding hydrogens is 250 g/mol. The first kappa shape index (κ1) is 14.0. The van der Waals surface area contributed by atoms with Crippen molar-refractivity contribution in [2.24, 2.45) is 0 Å². The van der Waals surface area contributed by atoms with Crippen molar-refractivity contribution in [1.29, 1.82) is 0 Å². The van der Waals surface area contributed by atoms with Crippen LogP contribution >= 0.6 is 0 Å². The highest BCUT2D eigenvalue weighted by Gasteiger charge is 2.40. The van der Waals surface area contributed by atoms with Gasteiger partial charge in [0.25, 0.3) is 0 Å². The van der Waals surface area contributed by atoms with Crippen molar-refractivity contribution in [2.75, 3.05) is 19.6 Å². The Morgan fingerprint density at radius 3 is 2.85 bits per heavy atom. The van der Waals surface area contributed by atoms with Crippen molar-refractivity contribution in [3.63, 3.8) is 0 Å². The van der Waals surface area contributed by atoms with Crippen LogP contribution in [0.2, 0.25) is 0 Å². The predicted octanol–water partition coefficient (Wildman–Crippen LogP) is 1.97. The molecule has 1 aliphatic carbocycles. The number of aromatic nitrogens is 3. The lowest BCUT2D eigenvalue weighted by Gasteiger charge is -2.49. The van der Waals surface area contributed by atoms with E-state index < -0.39 is 0 Å². The molecule has 0 amide bonds. The third-order valence-corrected chi connectivity index (χ3v) is 4.94. The molecule has 1 saturated heterocycles. The Morgan fingerprint density at radius 1 is 1.30 bits per heavy atom. The normalized spacial score (nSPS) is 23.6. The lowest BCUT2D eigenvalue weighted by Crippen LogP contribution is -2.61. The molecule has 5 heteroatoms. The number of rotatable bonds is 3.